The molecule has 150 valence electrons. The maximum atomic E-state index is 12.5. The monoisotopic (exact) mass is 402 g/mol. The summed E-state index contributed by atoms with van der Waals surface area (Å²) in [5, 5.41) is 7.79. The quantitative estimate of drug-likeness (QED) is 0.550. The van der Waals surface area contributed by atoms with Crippen LogP contribution in [0.3, 0.4) is 0 Å². The van der Waals surface area contributed by atoms with E-state index in [9.17, 15) is 9.59 Å². The summed E-state index contributed by atoms with van der Waals surface area (Å²) in [6.07, 6.45) is 5.05. The molecule has 1 aliphatic heterocycles. The second kappa shape index (κ2) is 7.53. The Labute approximate surface area is 170 Å². The minimum atomic E-state index is -0.342. The van der Waals surface area contributed by atoms with E-state index in [-0.39, 0.29) is 23.2 Å². The van der Waals surface area contributed by atoms with Gasteiger partial charge >= 0.3 is 0 Å². The number of anilines is 1. The van der Waals surface area contributed by atoms with Crippen molar-refractivity contribution >= 4 is 11.5 Å². The maximum absolute atomic E-state index is 12.5. The summed E-state index contributed by atoms with van der Waals surface area (Å²) in [6.45, 7) is 0.694. The van der Waals surface area contributed by atoms with Crippen molar-refractivity contribution < 1.29 is 4.74 Å². The van der Waals surface area contributed by atoms with Gasteiger partial charge in [-0.2, -0.15) is 5.10 Å². The zero-order chi connectivity index (χ0) is 20.5. The van der Waals surface area contributed by atoms with E-state index < -0.39 is 0 Å². The molecular weight excluding hydrogens is 384 g/mol. The number of fused-ring (bicyclic) bond motifs is 1. The Balaban J connectivity index is 1.47. The Morgan fingerprint density at radius 3 is 2.83 bits per heavy atom. The first kappa shape index (κ1) is 18.2. The molecule has 0 bridgehead atoms. The average Bonchev–Trinajstić information content (AvgIpc) is 3.22. The molecule has 1 fully saturated rings. The van der Waals surface area contributed by atoms with Crippen LogP contribution in [-0.4, -0.2) is 43.4 Å². The van der Waals surface area contributed by atoms with Crippen molar-refractivity contribution in [3.8, 4) is 11.3 Å². The van der Waals surface area contributed by atoms with Gasteiger partial charge in [-0.25, -0.2) is 9.67 Å². The molecule has 9 heteroatoms. The number of nitrogens with one attached hydrogen (secondary N) is 1. The molecule has 0 amide bonds. The predicted molar refractivity (Wildman–Crippen MR) is 110 cm³/mol. The average molecular weight is 402 g/mol. The normalized spacial score (nSPS) is 18.5. The number of ether oxygens (including phenoxy) is 1. The molecule has 1 aliphatic rings. The highest BCUT2D eigenvalue weighted by Crippen LogP contribution is 2.22. The third-order valence-electron chi connectivity index (χ3n) is 5.05. The van der Waals surface area contributed by atoms with Crippen LogP contribution in [0.4, 0.5) is 5.82 Å². The van der Waals surface area contributed by atoms with Crippen LogP contribution < -0.4 is 16.4 Å². The summed E-state index contributed by atoms with van der Waals surface area (Å²) in [4.78, 5) is 33.5. The Morgan fingerprint density at radius 1 is 1.03 bits per heavy atom. The first-order valence-electron chi connectivity index (χ1n) is 9.52. The third kappa shape index (κ3) is 3.35. The molecule has 30 heavy (non-hydrogen) atoms. The van der Waals surface area contributed by atoms with Gasteiger partial charge in [-0.15, -0.1) is 0 Å². The molecule has 4 aromatic rings. The zero-order valence-corrected chi connectivity index (χ0v) is 15.9. The molecule has 2 atom stereocenters. The van der Waals surface area contributed by atoms with Crippen LogP contribution in [0.5, 0.6) is 0 Å². The van der Waals surface area contributed by atoms with Crippen LogP contribution in [0.25, 0.3) is 16.9 Å². The van der Waals surface area contributed by atoms with Crippen molar-refractivity contribution in [1.82, 2.24) is 24.1 Å². The van der Waals surface area contributed by atoms with Crippen molar-refractivity contribution in [1.29, 1.82) is 0 Å². The highest BCUT2D eigenvalue weighted by atomic mass is 16.5. The lowest BCUT2D eigenvalue weighted by Crippen LogP contribution is -2.37. The molecule has 0 spiro atoms. The summed E-state index contributed by atoms with van der Waals surface area (Å²) in [6, 6.07) is 13.1. The van der Waals surface area contributed by atoms with Crippen molar-refractivity contribution in [2.75, 3.05) is 18.5 Å². The molecule has 1 N–H and O–H groups in total. The molecule has 5 rings (SSSR count). The van der Waals surface area contributed by atoms with E-state index in [0.29, 0.717) is 30.4 Å². The lowest BCUT2D eigenvalue weighted by atomic mass is 10.1. The van der Waals surface area contributed by atoms with Crippen LogP contribution in [0, 0.1) is 0 Å². The molecule has 0 saturated carbocycles. The van der Waals surface area contributed by atoms with Gasteiger partial charge in [0.1, 0.15) is 17.5 Å². The van der Waals surface area contributed by atoms with Crippen LogP contribution in [-0.2, 0) is 4.74 Å². The molecule has 9 nitrogen and oxygen atoms in total. The lowest BCUT2D eigenvalue weighted by Gasteiger charge is -2.21. The minimum Gasteiger partial charge on any atom is -0.377 e. The maximum Gasteiger partial charge on any atom is 0.267 e. The third-order valence-corrected chi connectivity index (χ3v) is 5.05. The fourth-order valence-corrected chi connectivity index (χ4v) is 3.57. The Bertz CT molecular complexity index is 1320. The van der Waals surface area contributed by atoms with Crippen LogP contribution in [0.15, 0.2) is 76.7 Å². The van der Waals surface area contributed by atoms with Crippen LogP contribution in [0.2, 0.25) is 0 Å². The van der Waals surface area contributed by atoms with E-state index in [4.69, 9.17) is 4.74 Å². The van der Waals surface area contributed by atoms with Crippen molar-refractivity contribution in [2.24, 2.45) is 0 Å². The van der Waals surface area contributed by atoms with E-state index in [1.807, 2.05) is 18.2 Å². The van der Waals surface area contributed by atoms with Gasteiger partial charge in [0.2, 0.25) is 0 Å². The van der Waals surface area contributed by atoms with Gasteiger partial charge in [0.15, 0.2) is 0 Å². The Hall–Kier alpha value is -3.85. The Morgan fingerprint density at radius 2 is 1.97 bits per heavy atom. The van der Waals surface area contributed by atoms with Crippen LogP contribution >= 0.6 is 0 Å². The molecule has 0 aliphatic carbocycles. The smallest absolute Gasteiger partial charge is 0.267 e. The summed E-state index contributed by atoms with van der Waals surface area (Å²) in [5.41, 5.74) is 1.59. The number of rotatable bonds is 4. The number of aromatic nitrogens is 5. The van der Waals surface area contributed by atoms with Gasteiger partial charge < -0.3 is 10.1 Å². The van der Waals surface area contributed by atoms with Gasteiger partial charge in [-0.05, 0) is 30.3 Å². The minimum absolute atomic E-state index is 0.188. The van der Waals surface area contributed by atoms with Gasteiger partial charge in [0.05, 0.1) is 24.9 Å². The summed E-state index contributed by atoms with van der Waals surface area (Å²) in [5.74, 6) is 0.433. The summed E-state index contributed by atoms with van der Waals surface area (Å²) in [7, 11) is 0. The standard InChI is InChI=1S/C21H18N6O3/c28-20-7-6-15(14-4-3-8-22-11-14)25-27(20)17-13-30-12-16(17)23-18-10-21(29)26-9-2-1-5-19(26)24-18/h1-11,16-17,23H,12-13H2. The number of hydrogen-bond donors (Lipinski definition) is 1. The molecule has 0 aromatic carbocycles. The van der Waals surface area contributed by atoms with Gasteiger partial charge in [-0.1, -0.05) is 6.07 Å². The fraction of sp³-hybridized carbons (Fsp3) is 0.190. The van der Waals surface area contributed by atoms with E-state index in [0.717, 1.165) is 5.56 Å². The largest absolute Gasteiger partial charge is 0.377 e. The Kier molecular flexibility index (Phi) is 4.56. The highest BCUT2D eigenvalue weighted by Gasteiger charge is 2.32. The van der Waals surface area contributed by atoms with Crippen LogP contribution in [0.1, 0.15) is 6.04 Å². The lowest BCUT2D eigenvalue weighted by molar-refractivity contribution is 0.183. The zero-order valence-electron chi connectivity index (χ0n) is 15.9. The predicted octanol–water partition coefficient (Wildman–Crippen LogP) is 1.37. The van der Waals surface area contributed by atoms with Crippen molar-refractivity contribution in [2.45, 2.75) is 12.1 Å². The van der Waals surface area contributed by atoms with Gasteiger partial charge in [-0.3, -0.25) is 19.0 Å². The summed E-state index contributed by atoms with van der Waals surface area (Å²) >= 11 is 0. The van der Waals surface area contributed by atoms with Crippen molar-refractivity contribution in [3.63, 3.8) is 0 Å². The first-order valence-corrected chi connectivity index (χ1v) is 9.52. The second-order valence-electron chi connectivity index (χ2n) is 7.01. The molecule has 2 unspecified atom stereocenters. The van der Waals surface area contributed by atoms with E-state index in [1.165, 1.54) is 21.2 Å². The van der Waals surface area contributed by atoms with Gasteiger partial charge in [0, 0.05) is 36.3 Å². The van der Waals surface area contributed by atoms with E-state index in [2.05, 4.69) is 20.4 Å². The molecule has 5 heterocycles. The highest BCUT2D eigenvalue weighted by molar-refractivity contribution is 5.56. The fourth-order valence-electron chi connectivity index (χ4n) is 3.57. The summed E-state index contributed by atoms with van der Waals surface area (Å²) < 4.78 is 8.53. The van der Waals surface area contributed by atoms with E-state index in [1.54, 1.807) is 36.8 Å². The molecule has 1 saturated heterocycles. The SMILES string of the molecule is O=c1ccc(-c2cccnc2)nn1C1COCC1Nc1cc(=O)n2ccccc2n1. The van der Waals surface area contributed by atoms with Gasteiger partial charge in [0.25, 0.3) is 11.1 Å². The molecular formula is C21H18N6O3. The first-order chi connectivity index (χ1) is 14.7. The molecule has 0 radical (unpaired) electrons. The number of nitrogens with zero attached hydrogens (tertiary/aromatic N) is 5. The number of hydrogen-bond acceptors (Lipinski definition) is 7. The van der Waals surface area contributed by atoms with Crippen molar-refractivity contribution in [3.05, 3.63) is 87.8 Å². The number of pyridine rings is 2. The van der Waals surface area contributed by atoms with E-state index >= 15 is 0 Å². The topological polar surface area (TPSA) is 103 Å². The second-order valence-corrected chi connectivity index (χ2v) is 7.01. The molecule has 4 aromatic heterocycles.